The van der Waals surface area contributed by atoms with E-state index in [4.69, 9.17) is 11.6 Å². The van der Waals surface area contributed by atoms with Crippen molar-refractivity contribution in [2.24, 2.45) is 0 Å². The summed E-state index contributed by atoms with van der Waals surface area (Å²) in [5.41, 5.74) is 2.12. The highest BCUT2D eigenvalue weighted by molar-refractivity contribution is 6.17. The molecule has 1 rings (SSSR count). The maximum atomic E-state index is 11.1. The zero-order valence-electron chi connectivity index (χ0n) is 7.50. The second kappa shape index (κ2) is 4.23. The molecule has 0 fully saturated rings. The van der Waals surface area contributed by atoms with Crippen molar-refractivity contribution in [2.75, 3.05) is 7.11 Å². The van der Waals surface area contributed by atoms with E-state index in [2.05, 4.69) is 9.72 Å². The van der Waals surface area contributed by atoms with Gasteiger partial charge >= 0.3 is 5.97 Å². The molecule has 0 saturated carbocycles. The van der Waals surface area contributed by atoms with Crippen molar-refractivity contribution < 1.29 is 9.53 Å². The first kappa shape index (κ1) is 9.99. The number of hydrogen-bond donors (Lipinski definition) is 0. The largest absolute Gasteiger partial charge is 0.465 e. The number of halogens is 1. The summed E-state index contributed by atoms with van der Waals surface area (Å²) in [6.45, 7) is 1.85. The van der Waals surface area contributed by atoms with E-state index in [9.17, 15) is 4.79 Å². The number of methoxy groups -OCH3 is 1. The van der Waals surface area contributed by atoms with Crippen molar-refractivity contribution in [2.45, 2.75) is 12.8 Å². The third-order valence-corrected chi connectivity index (χ3v) is 2.04. The number of nitrogens with zero attached hydrogens (tertiary/aromatic N) is 1. The van der Waals surface area contributed by atoms with Crippen LogP contribution in [0.5, 0.6) is 0 Å². The second-order valence-electron chi connectivity index (χ2n) is 2.59. The van der Waals surface area contributed by atoms with Gasteiger partial charge in [0, 0.05) is 17.8 Å². The molecule has 0 aromatic carbocycles. The number of aromatic nitrogens is 1. The summed E-state index contributed by atoms with van der Waals surface area (Å²) in [5, 5.41) is 0. The maximum Gasteiger partial charge on any atom is 0.339 e. The average molecular weight is 200 g/mol. The van der Waals surface area contributed by atoms with Gasteiger partial charge in [0.05, 0.1) is 12.7 Å². The first-order valence-electron chi connectivity index (χ1n) is 3.79. The Morgan fingerprint density at radius 3 is 2.92 bits per heavy atom. The Kier molecular flexibility index (Phi) is 3.25. The van der Waals surface area contributed by atoms with Crippen molar-refractivity contribution in [3.63, 3.8) is 0 Å². The molecule has 0 N–H and O–H groups in total. The van der Waals surface area contributed by atoms with Crippen molar-refractivity contribution in [1.82, 2.24) is 4.98 Å². The van der Waals surface area contributed by atoms with Gasteiger partial charge in [-0.05, 0) is 18.6 Å². The first-order chi connectivity index (χ1) is 6.19. The molecule has 0 bridgehead atoms. The molecule has 0 aliphatic rings. The lowest BCUT2D eigenvalue weighted by Crippen LogP contribution is -2.03. The van der Waals surface area contributed by atoms with E-state index in [1.807, 2.05) is 6.92 Å². The SMILES string of the molecule is COC(=O)c1cnc(C)c(CCl)c1. The Balaban J connectivity index is 3.06. The molecule has 3 nitrogen and oxygen atoms in total. The molecule has 0 atom stereocenters. The van der Waals surface area contributed by atoms with Gasteiger partial charge in [0.15, 0.2) is 0 Å². The minimum Gasteiger partial charge on any atom is -0.465 e. The normalized spacial score (nSPS) is 9.77. The third-order valence-electron chi connectivity index (χ3n) is 1.76. The highest BCUT2D eigenvalue weighted by atomic mass is 35.5. The highest BCUT2D eigenvalue weighted by Crippen LogP contribution is 2.11. The Morgan fingerprint density at radius 2 is 2.38 bits per heavy atom. The lowest BCUT2D eigenvalue weighted by Gasteiger charge is -2.03. The minimum atomic E-state index is -0.390. The zero-order chi connectivity index (χ0) is 9.84. The van der Waals surface area contributed by atoms with Gasteiger partial charge in [-0.1, -0.05) is 0 Å². The molecule has 0 radical (unpaired) electrons. The molecule has 0 unspecified atom stereocenters. The number of esters is 1. The Morgan fingerprint density at radius 1 is 1.69 bits per heavy atom. The topological polar surface area (TPSA) is 39.2 Å². The fraction of sp³-hybridized carbons (Fsp3) is 0.333. The quantitative estimate of drug-likeness (QED) is 0.540. The van der Waals surface area contributed by atoms with Crippen LogP contribution in [0.4, 0.5) is 0 Å². The van der Waals surface area contributed by atoms with Crippen LogP contribution >= 0.6 is 11.6 Å². The van der Waals surface area contributed by atoms with Gasteiger partial charge < -0.3 is 4.74 Å². The summed E-state index contributed by atoms with van der Waals surface area (Å²) in [5.74, 6) is -0.0391. The first-order valence-corrected chi connectivity index (χ1v) is 4.32. The van der Waals surface area contributed by atoms with Crippen LogP contribution in [0.25, 0.3) is 0 Å². The number of carbonyl (C=O) groups excluding carboxylic acids is 1. The van der Waals surface area contributed by atoms with Crippen LogP contribution in [0.15, 0.2) is 12.3 Å². The van der Waals surface area contributed by atoms with Gasteiger partial charge in [-0.3, -0.25) is 4.98 Å². The van der Waals surface area contributed by atoms with Crippen molar-refractivity contribution >= 4 is 17.6 Å². The van der Waals surface area contributed by atoms with Crippen molar-refractivity contribution in [3.05, 3.63) is 29.1 Å². The fourth-order valence-corrected chi connectivity index (χ4v) is 1.21. The average Bonchev–Trinajstić information content (AvgIpc) is 2.17. The Bertz CT molecular complexity index is 325. The van der Waals surface area contributed by atoms with E-state index in [0.29, 0.717) is 11.4 Å². The molecule has 4 heteroatoms. The summed E-state index contributed by atoms with van der Waals surface area (Å²) in [6, 6.07) is 1.70. The number of hydrogen-bond acceptors (Lipinski definition) is 3. The van der Waals surface area contributed by atoms with Gasteiger partial charge in [0.2, 0.25) is 0 Å². The fourth-order valence-electron chi connectivity index (χ4n) is 0.943. The predicted molar refractivity (Wildman–Crippen MR) is 49.9 cm³/mol. The highest BCUT2D eigenvalue weighted by Gasteiger charge is 2.07. The lowest BCUT2D eigenvalue weighted by atomic mass is 10.1. The number of alkyl halides is 1. The van der Waals surface area contributed by atoms with Crippen LogP contribution < -0.4 is 0 Å². The molecule has 13 heavy (non-hydrogen) atoms. The molecule has 0 aliphatic heterocycles. The number of pyridine rings is 1. The Hall–Kier alpha value is -1.09. The van der Waals surface area contributed by atoms with Gasteiger partial charge in [-0.2, -0.15) is 0 Å². The van der Waals surface area contributed by atoms with Gasteiger partial charge in [-0.25, -0.2) is 4.79 Å². The second-order valence-corrected chi connectivity index (χ2v) is 2.86. The van der Waals surface area contributed by atoms with Crippen LogP contribution in [0, 0.1) is 6.92 Å². The summed E-state index contributed by atoms with van der Waals surface area (Å²) in [6.07, 6.45) is 1.48. The van der Waals surface area contributed by atoms with E-state index in [1.54, 1.807) is 6.07 Å². The van der Waals surface area contributed by atoms with Crippen LogP contribution in [0.2, 0.25) is 0 Å². The monoisotopic (exact) mass is 199 g/mol. The van der Waals surface area contributed by atoms with Crippen LogP contribution in [-0.2, 0) is 10.6 Å². The molecule has 0 amide bonds. The third kappa shape index (κ3) is 2.18. The number of carbonyl (C=O) groups is 1. The standard InChI is InChI=1S/C9H10ClNO2/c1-6-7(4-10)3-8(5-11-6)9(12)13-2/h3,5H,4H2,1-2H3. The summed E-state index contributed by atoms with van der Waals surface area (Å²) in [4.78, 5) is 15.1. The van der Waals surface area contributed by atoms with E-state index in [-0.39, 0.29) is 5.97 Å². The summed E-state index contributed by atoms with van der Waals surface area (Å²) < 4.78 is 4.55. The number of rotatable bonds is 2. The molecule has 1 aromatic heterocycles. The lowest BCUT2D eigenvalue weighted by molar-refractivity contribution is 0.0600. The van der Waals surface area contributed by atoms with Crippen molar-refractivity contribution in [1.29, 1.82) is 0 Å². The zero-order valence-corrected chi connectivity index (χ0v) is 8.26. The molecule has 0 aliphatic carbocycles. The molecule has 0 spiro atoms. The maximum absolute atomic E-state index is 11.1. The summed E-state index contributed by atoms with van der Waals surface area (Å²) >= 11 is 5.66. The smallest absolute Gasteiger partial charge is 0.339 e. The molecule has 0 saturated heterocycles. The molecular weight excluding hydrogens is 190 g/mol. The molecule has 70 valence electrons. The molecule has 1 heterocycles. The Labute approximate surface area is 81.7 Å². The van der Waals surface area contributed by atoms with E-state index in [1.165, 1.54) is 13.3 Å². The van der Waals surface area contributed by atoms with E-state index < -0.39 is 0 Å². The van der Waals surface area contributed by atoms with Crippen LogP contribution in [0.1, 0.15) is 21.6 Å². The molecule has 1 aromatic rings. The minimum absolute atomic E-state index is 0.351. The van der Waals surface area contributed by atoms with E-state index >= 15 is 0 Å². The number of aryl methyl sites for hydroxylation is 1. The van der Waals surface area contributed by atoms with E-state index in [0.717, 1.165) is 11.3 Å². The van der Waals surface area contributed by atoms with Gasteiger partial charge in [-0.15, -0.1) is 11.6 Å². The predicted octanol–water partition coefficient (Wildman–Crippen LogP) is 1.92. The number of ether oxygens (including phenoxy) is 1. The summed E-state index contributed by atoms with van der Waals surface area (Å²) in [7, 11) is 1.34. The molecular formula is C9H10ClNO2. The van der Waals surface area contributed by atoms with Gasteiger partial charge in [0.25, 0.3) is 0 Å². The van der Waals surface area contributed by atoms with Crippen molar-refractivity contribution in [3.8, 4) is 0 Å². The van der Waals surface area contributed by atoms with Gasteiger partial charge in [0.1, 0.15) is 0 Å². The van der Waals surface area contributed by atoms with Crippen LogP contribution in [0.3, 0.4) is 0 Å². The van der Waals surface area contributed by atoms with Crippen LogP contribution in [-0.4, -0.2) is 18.1 Å².